The second kappa shape index (κ2) is 11.0. The lowest BCUT2D eigenvalue weighted by Crippen LogP contribution is -2.30. The average Bonchev–Trinajstić information content (AvgIpc) is 2.78. The van der Waals surface area contributed by atoms with Crippen molar-refractivity contribution >= 4 is 50.6 Å². The van der Waals surface area contributed by atoms with Crippen molar-refractivity contribution in [3.05, 3.63) is 87.9 Å². The van der Waals surface area contributed by atoms with E-state index in [1.807, 2.05) is 0 Å². The molecule has 10 heteroatoms. The first-order chi connectivity index (χ1) is 16.1. The zero-order valence-electron chi connectivity index (χ0n) is 18.3. The summed E-state index contributed by atoms with van der Waals surface area (Å²) in [4.78, 5) is 25.4. The Hall–Kier alpha value is -2.91. The fraction of sp³-hybridized carbons (Fsp3) is 0.167. The molecule has 3 aromatic carbocycles. The molecule has 0 aliphatic rings. The molecule has 34 heavy (non-hydrogen) atoms. The maximum absolute atomic E-state index is 12.9. The molecule has 0 bridgehead atoms. The molecule has 0 radical (unpaired) electrons. The van der Waals surface area contributed by atoms with Gasteiger partial charge in [-0.15, -0.1) is 0 Å². The van der Waals surface area contributed by atoms with Crippen LogP contribution in [0.5, 0.6) is 5.75 Å². The predicted molar refractivity (Wildman–Crippen MR) is 132 cm³/mol. The van der Waals surface area contributed by atoms with Crippen LogP contribution in [0, 0.1) is 0 Å². The second-order valence-corrected chi connectivity index (χ2v) is 10.1. The van der Waals surface area contributed by atoms with E-state index < -0.39 is 22.5 Å². The van der Waals surface area contributed by atoms with Gasteiger partial charge in [0.2, 0.25) is 10.0 Å². The van der Waals surface area contributed by atoms with E-state index in [1.54, 1.807) is 50.2 Å². The molecule has 0 spiro atoms. The first-order valence-electron chi connectivity index (χ1n) is 10.2. The van der Waals surface area contributed by atoms with Crippen molar-refractivity contribution < 1.29 is 22.7 Å². The van der Waals surface area contributed by atoms with Gasteiger partial charge >= 0.3 is 0 Å². The van der Waals surface area contributed by atoms with E-state index in [0.717, 1.165) is 0 Å². The second-order valence-electron chi connectivity index (χ2n) is 7.59. The quantitative estimate of drug-likeness (QED) is 0.389. The molecule has 3 rings (SSSR count). The normalized spacial score (nSPS) is 11.3. The molecular weight excluding hydrogens is 499 g/mol. The van der Waals surface area contributed by atoms with Crippen LogP contribution < -0.4 is 14.8 Å². The van der Waals surface area contributed by atoms with E-state index >= 15 is 0 Å². The number of carbonyl (C=O) groups is 2. The smallest absolute Gasteiger partial charge is 0.262 e. The fourth-order valence-electron chi connectivity index (χ4n) is 3.03. The Labute approximate surface area is 208 Å². The lowest BCUT2D eigenvalue weighted by molar-refractivity contribution is -0.118. The predicted octanol–water partition coefficient (Wildman–Crippen LogP) is 4.93. The Morgan fingerprint density at radius 3 is 2.32 bits per heavy atom. The highest BCUT2D eigenvalue weighted by molar-refractivity contribution is 7.89. The summed E-state index contributed by atoms with van der Waals surface area (Å²) in [5, 5.41) is 3.03. The first kappa shape index (κ1) is 25.7. The highest BCUT2D eigenvalue weighted by Gasteiger charge is 2.19. The van der Waals surface area contributed by atoms with Gasteiger partial charge in [-0.2, -0.15) is 0 Å². The molecular formula is C24H22Cl2N2O5S. The number of anilines is 1. The lowest BCUT2D eigenvalue weighted by Gasteiger charge is -2.13. The van der Waals surface area contributed by atoms with Crippen LogP contribution in [0.25, 0.3) is 0 Å². The minimum atomic E-state index is -3.72. The highest BCUT2D eigenvalue weighted by atomic mass is 35.5. The Morgan fingerprint density at radius 1 is 0.971 bits per heavy atom. The van der Waals surface area contributed by atoms with Gasteiger partial charge in [0, 0.05) is 22.2 Å². The molecule has 0 atom stereocenters. The van der Waals surface area contributed by atoms with Crippen LogP contribution in [0.3, 0.4) is 0 Å². The third kappa shape index (κ3) is 6.57. The first-order valence-corrected chi connectivity index (χ1v) is 12.4. The van der Waals surface area contributed by atoms with E-state index in [0.29, 0.717) is 10.6 Å². The zero-order valence-corrected chi connectivity index (χ0v) is 20.7. The van der Waals surface area contributed by atoms with Crippen LogP contribution in [-0.4, -0.2) is 32.8 Å². The number of sulfonamides is 1. The average molecular weight is 521 g/mol. The van der Waals surface area contributed by atoms with Crippen LogP contribution in [0.15, 0.2) is 71.6 Å². The Morgan fingerprint density at radius 2 is 1.68 bits per heavy atom. The monoisotopic (exact) mass is 520 g/mol. The molecule has 0 aliphatic carbocycles. The van der Waals surface area contributed by atoms with Gasteiger partial charge < -0.3 is 10.1 Å². The van der Waals surface area contributed by atoms with E-state index in [1.165, 1.54) is 30.3 Å². The number of benzene rings is 3. The van der Waals surface area contributed by atoms with Gasteiger partial charge in [0.1, 0.15) is 5.75 Å². The molecule has 0 saturated carbocycles. The van der Waals surface area contributed by atoms with Crippen molar-refractivity contribution in [1.82, 2.24) is 4.72 Å². The lowest BCUT2D eigenvalue weighted by atomic mass is 10.0. The minimum Gasteiger partial charge on any atom is -0.482 e. The van der Waals surface area contributed by atoms with Gasteiger partial charge in [0.15, 0.2) is 12.4 Å². The number of carbonyl (C=O) groups excluding carboxylic acids is 2. The summed E-state index contributed by atoms with van der Waals surface area (Å²) in [6.07, 6.45) is 0. The fourth-order valence-corrected chi connectivity index (χ4v) is 4.78. The number of hydrogen-bond acceptors (Lipinski definition) is 5. The SMILES string of the molecule is CC(C)NS(=O)(=O)c1ccc(OCC(=O)Nc2ccc(Cl)cc2C(=O)c2ccccc2)c(Cl)c1. The molecule has 7 nitrogen and oxygen atoms in total. The standard InChI is InChI=1S/C24H22Cl2N2O5S/c1-15(2)28-34(31,32)18-9-11-22(20(26)13-18)33-14-23(29)27-21-10-8-17(25)12-19(21)24(30)16-6-4-3-5-7-16/h3-13,15,28H,14H2,1-2H3,(H,27,29). The molecule has 178 valence electrons. The molecule has 3 aromatic rings. The number of amides is 1. The maximum atomic E-state index is 12.9. The third-order valence-electron chi connectivity index (χ3n) is 4.50. The Bertz CT molecular complexity index is 1310. The van der Waals surface area contributed by atoms with Crippen molar-refractivity contribution in [2.75, 3.05) is 11.9 Å². The van der Waals surface area contributed by atoms with Gasteiger partial charge in [-0.05, 0) is 50.2 Å². The number of hydrogen-bond donors (Lipinski definition) is 2. The van der Waals surface area contributed by atoms with E-state index in [4.69, 9.17) is 27.9 Å². The summed E-state index contributed by atoms with van der Waals surface area (Å²) >= 11 is 12.2. The van der Waals surface area contributed by atoms with Crippen molar-refractivity contribution in [3.63, 3.8) is 0 Å². The summed E-state index contributed by atoms with van der Waals surface area (Å²) in [5.74, 6) is -0.704. The van der Waals surface area contributed by atoms with Gasteiger partial charge in [0.05, 0.1) is 15.6 Å². The van der Waals surface area contributed by atoms with Crippen molar-refractivity contribution in [2.45, 2.75) is 24.8 Å². The summed E-state index contributed by atoms with van der Waals surface area (Å²) < 4.78 is 32.5. The van der Waals surface area contributed by atoms with Crippen LogP contribution in [0.1, 0.15) is 29.8 Å². The number of halogens is 2. The number of rotatable bonds is 9. The summed E-state index contributed by atoms with van der Waals surface area (Å²) in [5.41, 5.74) is 0.960. The molecule has 2 N–H and O–H groups in total. The maximum Gasteiger partial charge on any atom is 0.262 e. The van der Waals surface area contributed by atoms with Crippen LogP contribution in [-0.2, 0) is 14.8 Å². The number of ketones is 1. The topological polar surface area (TPSA) is 102 Å². The third-order valence-corrected chi connectivity index (χ3v) is 6.69. The molecule has 0 aliphatic heterocycles. The summed E-state index contributed by atoms with van der Waals surface area (Å²) in [6.45, 7) is 2.99. The summed E-state index contributed by atoms with van der Waals surface area (Å²) in [7, 11) is -3.72. The zero-order chi connectivity index (χ0) is 24.9. The number of nitrogens with one attached hydrogen (secondary N) is 2. The Balaban J connectivity index is 1.71. The minimum absolute atomic E-state index is 0.0202. The van der Waals surface area contributed by atoms with Crippen molar-refractivity contribution in [3.8, 4) is 5.75 Å². The molecule has 0 aromatic heterocycles. The molecule has 0 fully saturated rings. The van der Waals surface area contributed by atoms with E-state index in [2.05, 4.69) is 10.0 Å². The van der Waals surface area contributed by atoms with E-state index in [-0.39, 0.29) is 38.7 Å². The van der Waals surface area contributed by atoms with Crippen molar-refractivity contribution in [1.29, 1.82) is 0 Å². The van der Waals surface area contributed by atoms with Crippen LogP contribution >= 0.6 is 23.2 Å². The van der Waals surface area contributed by atoms with Crippen LogP contribution in [0.4, 0.5) is 5.69 Å². The van der Waals surface area contributed by atoms with E-state index in [9.17, 15) is 18.0 Å². The van der Waals surface area contributed by atoms with Crippen molar-refractivity contribution in [2.24, 2.45) is 0 Å². The van der Waals surface area contributed by atoms with Gasteiger partial charge in [0.25, 0.3) is 5.91 Å². The van der Waals surface area contributed by atoms with Gasteiger partial charge in [-0.3, -0.25) is 9.59 Å². The van der Waals surface area contributed by atoms with Gasteiger partial charge in [-0.1, -0.05) is 53.5 Å². The Kier molecular flexibility index (Phi) is 8.33. The molecule has 0 unspecified atom stereocenters. The largest absolute Gasteiger partial charge is 0.482 e. The van der Waals surface area contributed by atoms with Gasteiger partial charge in [-0.25, -0.2) is 13.1 Å². The van der Waals surface area contributed by atoms with Crippen LogP contribution in [0.2, 0.25) is 10.0 Å². The summed E-state index contributed by atoms with van der Waals surface area (Å²) in [6, 6.07) is 16.8. The molecule has 0 heterocycles. The number of ether oxygens (including phenoxy) is 1. The molecule has 0 saturated heterocycles. The highest BCUT2D eigenvalue weighted by Crippen LogP contribution is 2.28. The molecule has 1 amide bonds.